The molecule has 2 saturated heterocycles. The van der Waals surface area contributed by atoms with Gasteiger partial charge in [0.1, 0.15) is 11.6 Å². The van der Waals surface area contributed by atoms with Crippen LogP contribution in [0.2, 0.25) is 0 Å². The van der Waals surface area contributed by atoms with Gasteiger partial charge in [-0.15, -0.1) is 0 Å². The molecule has 5 rings (SSSR count). The fourth-order valence-corrected chi connectivity index (χ4v) is 5.91. The minimum atomic E-state index is -3.60. The first-order valence-electron chi connectivity index (χ1n) is 9.77. The molecule has 0 saturated carbocycles. The van der Waals surface area contributed by atoms with Crippen LogP contribution in [0.25, 0.3) is 0 Å². The van der Waals surface area contributed by atoms with Crippen LogP contribution in [0.3, 0.4) is 0 Å². The van der Waals surface area contributed by atoms with Gasteiger partial charge in [0.05, 0.1) is 24.3 Å². The van der Waals surface area contributed by atoms with Crippen LogP contribution in [0.5, 0.6) is 11.5 Å². The molecule has 2 fully saturated rings. The lowest BCUT2D eigenvalue weighted by molar-refractivity contribution is 0.297. The summed E-state index contributed by atoms with van der Waals surface area (Å²) in [6.07, 6.45) is 1.98. The van der Waals surface area contributed by atoms with E-state index in [4.69, 9.17) is 9.47 Å². The predicted molar refractivity (Wildman–Crippen MR) is 104 cm³/mol. The van der Waals surface area contributed by atoms with E-state index in [2.05, 4.69) is 9.88 Å². The Morgan fingerprint density at radius 3 is 2.38 bits per heavy atom. The van der Waals surface area contributed by atoms with Crippen molar-refractivity contribution < 1.29 is 22.3 Å². The van der Waals surface area contributed by atoms with Crippen molar-refractivity contribution in [3.05, 3.63) is 42.3 Å². The average Bonchev–Trinajstić information content (AvgIpc) is 3.20. The van der Waals surface area contributed by atoms with E-state index in [0.29, 0.717) is 37.8 Å². The van der Waals surface area contributed by atoms with E-state index in [1.54, 1.807) is 28.6 Å². The molecule has 3 aliphatic heterocycles. The van der Waals surface area contributed by atoms with E-state index >= 15 is 0 Å². The molecular formula is C20H22FN3O4S. The normalized spacial score (nSPS) is 24.4. The molecule has 29 heavy (non-hydrogen) atoms. The van der Waals surface area contributed by atoms with Gasteiger partial charge in [0, 0.05) is 38.7 Å². The maximum Gasteiger partial charge on any atom is 0.243 e. The molecule has 0 N–H and O–H groups in total. The molecule has 7 nitrogen and oxygen atoms in total. The first-order chi connectivity index (χ1) is 14.0. The fourth-order valence-electron chi connectivity index (χ4n) is 4.34. The van der Waals surface area contributed by atoms with Crippen LogP contribution < -0.4 is 14.4 Å². The number of pyridine rings is 1. The summed E-state index contributed by atoms with van der Waals surface area (Å²) in [4.78, 5) is 6.48. The predicted octanol–water partition coefficient (Wildman–Crippen LogP) is 2.14. The highest BCUT2D eigenvalue weighted by Crippen LogP contribution is 2.38. The quantitative estimate of drug-likeness (QED) is 0.759. The molecule has 2 unspecified atom stereocenters. The van der Waals surface area contributed by atoms with E-state index < -0.39 is 10.0 Å². The van der Waals surface area contributed by atoms with Crippen molar-refractivity contribution in [3.8, 4) is 11.5 Å². The molecule has 2 atom stereocenters. The molecule has 9 heteroatoms. The lowest BCUT2D eigenvalue weighted by atomic mass is 10.0. The molecule has 1 aromatic carbocycles. The second-order valence-corrected chi connectivity index (χ2v) is 9.68. The molecule has 0 radical (unpaired) electrons. The minimum Gasteiger partial charge on any atom is -0.490 e. The van der Waals surface area contributed by atoms with Crippen molar-refractivity contribution in [2.75, 3.05) is 44.3 Å². The summed E-state index contributed by atoms with van der Waals surface area (Å²) < 4.78 is 52.3. The van der Waals surface area contributed by atoms with E-state index in [9.17, 15) is 12.8 Å². The Morgan fingerprint density at radius 2 is 1.69 bits per heavy atom. The topological polar surface area (TPSA) is 72.0 Å². The van der Waals surface area contributed by atoms with Gasteiger partial charge in [0.15, 0.2) is 11.5 Å². The second-order valence-electron chi connectivity index (χ2n) is 7.74. The van der Waals surface area contributed by atoms with Gasteiger partial charge >= 0.3 is 0 Å². The molecule has 0 bridgehead atoms. The van der Waals surface area contributed by atoms with E-state index in [1.807, 2.05) is 0 Å². The van der Waals surface area contributed by atoms with Crippen LogP contribution in [-0.4, -0.2) is 57.1 Å². The Morgan fingerprint density at radius 1 is 0.966 bits per heavy atom. The lowest BCUT2D eigenvalue weighted by Crippen LogP contribution is -2.33. The van der Waals surface area contributed by atoms with Crippen LogP contribution >= 0.6 is 0 Å². The molecule has 0 amide bonds. The molecule has 4 heterocycles. The number of anilines is 1. The maximum absolute atomic E-state index is 13.2. The molecule has 0 spiro atoms. The van der Waals surface area contributed by atoms with Crippen LogP contribution in [-0.2, 0) is 10.0 Å². The first-order valence-corrected chi connectivity index (χ1v) is 11.2. The monoisotopic (exact) mass is 419 g/mol. The number of hydrogen-bond donors (Lipinski definition) is 0. The summed E-state index contributed by atoms with van der Waals surface area (Å²) in [6.45, 7) is 3.46. The van der Waals surface area contributed by atoms with Crippen LogP contribution in [0, 0.1) is 17.7 Å². The molecular weight excluding hydrogens is 397 g/mol. The highest BCUT2D eigenvalue weighted by Gasteiger charge is 2.44. The van der Waals surface area contributed by atoms with Gasteiger partial charge in [-0.05, 0) is 36.1 Å². The largest absolute Gasteiger partial charge is 0.490 e. The van der Waals surface area contributed by atoms with E-state index in [-0.39, 0.29) is 22.5 Å². The number of hydrogen-bond acceptors (Lipinski definition) is 6. The first kappa shape index (κ1) is 18.6. The van der Waals surface area contributed by atoms with Crippen molar-refractivity contribution in [2.45, 2.75) is 11.3 Å². The highest BCUT2D eigenvalue weighted by atomic mass is 32.2. The van der Waals surface area contributed by atoms with Crippen LogP contribution in [0.1, 0.15) is 6.42 Å². The zero-order valence-electron chi connectivity index (χ0n) is 15.8. The van der Waals surface area contributed by atoms with Gasteiger partial charge in [0.25, 0.3) is 0 Å². The van der Waals surface area contributed by atoms with Crippen molar-refractivity contribution >= 4 is 15.8 Å². The van der Waals surface area contributed by atoms with E-state index in [0.717, 1.165) is 25.3 Å². The Kier molecular flexibility index (Phi) is 4.59. The summed E-state index contributed by atoms with van der Waals surface area (Å²) >= 11 is 0. The maximum atomic E-state index is 13.2. The van der Waals surface area contributed by atoms with Gasteiger partial charge in [0.2, 0.25) is 10.0 Å². The minimum absolute atomic E-state index is 0.233. The summed E-state index contributed by atoms with van der Waals surface area (Å²) in [5, 5.41) is 0. The summed E-state index contributed by atoms with van der Waals surface area (Å²) in [5.74, 6) is 1.91. The molecule has 1 aromatic heterocycles. The smallest absolute Gasteiger partial charge is 0.243 e. The standard InChI is InChI=1S/C20H22FN3O4S/c21-16-2-5-20(22-9-16)23-10-14-12-24(13-15(14)11-23)29(25,26)17-3-4-18-19(8-17)28-7-1-6-27-18/h2-5,8-9,14-15H,1,6-7,10-13H2. The Bertz CT molecular complexity index is 1000. The molecule has 0 aliphatic carbocycles. The van der Waals surface area contributed by atoms with Crippen molar-refractivity contribution in [1.29, 1.82) is 0 Å². The van der Waals surface area contributed by atoms with Gasteiger partial charge in [-0.3, -0.25) is 0 Å². The molecule has 154 valence electrons. The summed E-state index contributed by atoms with van der Waals surface area (Å²) in [7, 11) is -3.60. The Balaban J connectivity index is 1.31. The number of nitrogens with zero attached hydrogens (tertiary/aromatic N) is 3. The second kappa shape index (κ2) is 7.14. The molecule has 3 aliphatic rings. The SMILES string of the molecule is O=S(=O)(c1ccc2c(c1)OCCCO2)N1CC2CN(c3ccc(F)cn3)CC2C1. The summed E-state index contributed by atoms with van der Waals surface area (Å²) in [5.41, 5.74) is 0. The van der Waals surface area contributed by atoms with Crippen LogP contribution in [0.15, 0.2) is 41.4 Å². The van der Waals surface area contributed by atoms with Crippen molar-refractivity contribution in [3.63, 3.8) is 0 Å². The zero-order valence-corrected chi connectivity index (χ0v) is 16.6. The van der Waals surface area contributed by atoms with Crippen molar-refractivity contribution in [1.82, 2.24) is 9.29 Å². The third-order valence-corrected chi connectivity index (χ3v) is 7.67. The van der Waals surface area contributed by atoms with Gasteiger partial charge in [-0.1, -0.05) is 0 Å². The van der Waals surface area contributed by atoms with Crippen molar-refractivity contribution in [2.24, 2.45) is 11.8 Å². The Hall–Kier alpha value is -2.39. The zero-order chi connectivity index (χ0) is 20.0. The fraction of sp³-hybridized carbons (Fsp3) is 0.450. The number of fused-ring (bicyclic) bond motifs is 2. The van der Waals surface area contributed by atoms with Crippen LogP contribution in [0.4, 0.5) is 10.2 Å². The number of benzene rings is 1. The lowest BCUT2D eigenvalue weighted by Gasteiger charge is -2.22. The third kappa shape index (κ3) is 3.42. The third-order valence-electron chi connectivity index (χ3n) is 5.85. The van der Waals surface area contributed by atoms with E-state index in [1.165, 1.54) is 12.3 Å². The number of halogens is 1. The number of rotatable bonds is 3. The van der Waals surface area contributed by atoms with Gasteiger partial charge < -0.3 is 14.4 Å². The number of ether oxygens (including phenoxy) is 2. The highest BCUT2D eigenvalue weighted by molar-refractivity contribution is 7.89. The van der Waals surface area contributed by atoms with Gasteiger partial charge in [-0.25, -0.2) is 17.8 Å². The summed E-state index contributed by atoms with van der Waals surface area (Å²) in [6, 6.07) is 7.90. The van der Waals surface area contributed by atoms with Gasteiger partial charge in [-0.2, -0.15) is 4.31 Å². The Labute approximate surface area is 169 Å². The number of sulfonamides is 1. The average molecular weight is 419 g/mol. The molecule has 2 aromatic rings. The number of aromatic nitrogens is 1.